The molecule has 102 valence electrons. The summed E-state index contributed by atoms with van der Waals surface area (Å²) in [5, 5.41) is 6.07. The first-order valence-electron chi connectivity index (χ1n) is 5.69. The van der Waals surface area contributed by atoms with Gasteiger partial charge in [0.1, 0.15) is 0 Å². The number of pyridine rings is 1. The van der Waals surface area contributed by atoms with E-state index in [1.165, 1.54) is 22.7 Å². The van der Waals surface area contributed by atoms with Crippen molar-refractivity contribution in [2.75, 3.05) is 0 Å². The molecule has 7 heteroatoms. The van der Waals surface area contributed by atoms with Gasteiger partial charge in [0.15, 0.2) is 5.65 Å². The molecule has 3 rings (SSSR count). The van der Waals surface area contributed by atoms with E-state index >= 15 is 0 Å². The highest BCUT2D eigenvalue weighted by molar-refractivity contribution is 5.64. The quantitative estimate of drug-likeness (QED) is 0.744. The van der Waals surface area contributed by atoms with Crippen LogP contribution in [0.1, 0.15) is 5.56 Å². The third kappa shape index (κ3) is 2.07. The van der Waals surface area contributed by atoms with Crippen LogP contribution >= 0.6 is 0 Å². The summed E-state index contributed by atoms with van der Waals surface area (Å²) in [6.45, 7) is 0. The molecule has 4 nitrogen and oxygen atoms in total. The van der Waals surface area contributed by atoms with Crippen LogP contribution in [0.4, 0.5) is 13.2 Å². The van der Waals surface area contributed by atoms with Gasteiger partial charge in [-0.2, -0.15) is 18.3 Å². The Bertz CT molecular complexity index is 815. The zero-order chi connectivity index (χ0) is 14.3. The number of aromatic nitrogens is 3. The van der Waals surface area contributed by atoms with Crippen molar-refractivity contribution in [3.63, 3.8) is 0 Å². The average molecular weight is 279 g/mol. The van der Waals surface area contributed by atoms with Crippen molar-refractivity contribution in [3.05, 3.63) is 58.6 Å². The molecule has 0 aliphatic carbocycles. The molecule has 0 saturated heterocycles. The van der Waals surface area contributed by atoms with Crippen LogP contribution in [-0.4, -0.2) is 14.6 Å². The van der Waals surface area contributed by atoms with Crippen molar-refractivity contribution in [1.82, 2.24) is 14.6 Å². The van der Waals surface area contributed by atoms with Crippen molar-refractivity contribution < 1.29 is 13.2 Å². The number of rotatable bonds is 1. The number of H-pyrrole nitrogens is 1. The first-order chi connectivity index (χ1) is 9.45. The summed E-state index contributed by atoms with van der Waals surface area (Å²) in [5.41, 5.74) is 0.574. The van der Waals surface area contributed by atoms with Crippen molar-refractivity contribution >= 4 is 5.65 Å². The standard InChI is InChI=1S/C13H8F3N3O/c14-13(15,16)10-4-1-8(2-5-10)9-3-6-11-17-18-12(20)19(11)7-9/h1-7H,(H,18,20). The minimum Gasteiger partial charge on any atom is -0.250 e. The van der Waals surface area contributed by atoms with Gasteiger partial charge in [0.25, 0.3) is 0 Å². The van der Waals surface area contributed by atoms with Crippen LogP contribution in [0.2, 0.25) is 0 Å². The minimum absolute atomic E-state index is 0.395. The van der Waals surface area contributed by atoms with Gasteiger partial charge < -0.3 is 0 Å². The summed E-state index contributed by atoms with van der Waals surface area (Å²) >= 11 is 0. The Labute approximate surface area is 110 Å². The van der Waals surface area contributed by atoms with Gasteiger partial charge in [-0.15, -0.1) is 0 Å². The van der Waals surface area contributed by atoms with Crippen molar-refractivity contribution in [3.8, 4) is 11.1 Å². The maximum atomic E-state index is 12.5. The highest BCUT2D eigenvalue weighted by atomic mass is 19.4. The third-order valence-electron chi connectivity index (χ3n) is 2.96. The largest absolute Gasteiger partial charge is 0.416 e. The molecule has 1 N–H and O–H groups in total. The molecule has 0 spiro atoms. The highest BCUT2D eigenvalue weighted by Gasteiger charge is 2.29. The number of aromatic amines is 1. The molecule has 3 aromatic rings. The molecule has 0 saturated carbocycles. The van der Waals surface area contributed by atoms with Crippen LogP contribution in [0.3, 0.4) is 0 Å². The van der Waals surface area contributed by atoms with Crippen LogP contribution in [0.15, 0.2) is 47.4 Å². The average Bonchev–Trinajstić information content (AvgIpc) is 2.79. The van der Waals surface area contributed by atoms with Gasteiger partial charge in [0.05, 0.1) is 5.56 Å². The molecule has 20 heavy (non-hydrogen) atoms. The predicted molar refractivity (Wildman–Crippen MR) is 66.3 cm³/mol. The van der Waals surface area contributed by atoms with E-state index < -0.39 is 17.4 Å². The van der Waals surface area contributed by atoms with E-state index in [4.69, 9.17) is 0 Å². The maximum absolute atomic E-state index is 12.5. The topological polar surface area (TPSA) is 50.2 Å². The molecule has 2 heterocycles. The lowest BCUT2D eigenvalue weighted by molar-refractivity contribution is -0.137. The van der Waals surface area contributed by atoms with Crippen LogP contribution in [0.25, 0.3) is 16.8 Å². The number of alkyl halides is 3. The van der Waals surface area contributed by atoms with E-state index in [-0.39, 0.29) is 0 Å². The van der Waals surface area contributed by atoms with Crippen LogP contribution < -0.4 is 5.69 Å². The Kier molecular flexibility index (Phi) is 2.63. The first kappa shape index (κ1) is 12.5. The molecule has 0 atom stereocenters. The Morgan fingerprint density at radius 1 is 1.00 bits per heavy atom. The predicted octanol–water partition coefficient (Wildman–Crippen LogP) is 2.71. The number of benzene rings is 1. The summed E-state index contributed by atoms with van der Waals surface area (Å²) < 4.78 is 38.7. The van der Waals surface area contributed by atoms with Crippen LogP contribution in [0, 0.1) is 0 Å². The molecule has 0 unspecified atom stereocenters. The van der Waals surface area contributed by atoms with Crippen LogP contribution in [-0.2, 0) is 6.18 Å². The molecule has 2 aromatic heterocycles. The van der Waals surface area contributed by atoms with Crippen LogP contribution in [0.5, 0.6) is 0 Å². The summed E-state index contributed by atoms with van der Waals surface area (Å²) in [6, 6.07) is 8.07. The van der Waals surface area contributed by atoms with Gasteiger partial charge in [-0.3, -0.25) is 0 Å². The minimum atomic E-state index is -4.36. The Hall–Kier alpha value is -2.57. The van der Waals surface area contributed by atoms with E-state index in [0.717, 1.165) is 12.1 Å². The fraction of sp³-hybridized carbons (Fsp3) is 0.0769. The maximum Gasteiger partial charge on any atom is 0.416 e. The van der Waals surface area contributed by atoms with Gasteiger partial charge >= 0.3 is 11.9 Å². The molecule has 0 fully saturated rings. The fourth-order valence-corrected chi connectivity index (χ4v) is 1.93. The van der Waals surface area contributed by atoms with Gasteiger partial charge in [-0.05, 0) is 35.4 Å². The van der Waals surface area contributed by atoms with E-state index in [2.05, 4.69) is 10.2 Å². The number of hydrogen-bond donors (Lipinski definition) is 1. The second-order valence-corrected chi connectivity index (χ2v) is 4.25. The Morgan fingerprint density at radius 2 is 1.65 bits per heavy atom. The van der Waals surface area contributed by atoms with Gasteiger partial charge in [0.2, 0.25) is 0 Å². The van der Waals surface area contributed by atoms with Gasteiger partial charge in [0, 0.05) is 6.20 Å². The SMILES string of the molecule is O=c1[nH]nc2ccc(-c3ccc(C(F)(F)F)cc3)cn12. The first-order valence-corrected chi connectivity index (χ1v) is 5.69. The summed E-state index contributed by atoms with van der Waals surface area (Å²) in [4.78, 5) is 11.4. The van der Waals surface area contributed by atoms with Crippen molar-refractivity contribution in [2.45, 2.75) is 6.18 Å². The van der Waals surface area contributed by atoms with E-state index in [0.29, 0.717) is 16.8 Å². The number of halogens is 3. The summed E-state index contributed by atoms with van der Waals surface area (Å²) in [7, 11) is 0. The Morgan fingerprint density at radius 3 is 2.30 bits per heavy atom. The van der Waals surface area contributed by atoms with E-state index in [9.17, 15) is 18.0 Å². The van der Waals surface area contributed by atoms with E-state index in [1.807, 2.05) is 0 Å². The zero-order valence-corrected chi connectivity index (χ0v) is 9.98. The monoisotopic (exact) mass is 279 g/mol. The third-order valence-corrected chi connectivity index (χ3v) is 2.96. The number of nitrogens with zero attached hydrogens (tertiary/aromatic N) is 2. The molecule has 0 radical (unpaired) electrons. The summed E-state index contributed by atoms with van der Waals surface area (Å²) in [6.07, 6.45) is -2.83. The van der Waals surface area contributed by atoms with Crippen molar-refractivity contribution in [2.24, 2.45) is 0 Å². The lowest BCUT2D eigenvalue weighted by Gasteiger charge is -2.07. The number of fused-ring (bicyclic) bond motifs is 1. The van der Waals surface area contributed by atoms with Crippen molar-refractivity contribution in [1.29, 1.82) is 0 Å². The molecule has 0 bridgehead atoms. The molecule has 0 aliphatic rings. The lowest BCUT2D eigenvalue weighted by Crippen LogP contribution is -2.08. The second-order valence-electron chi connectivity index (χ2n) is 4.25. The molecular formula is C13H8F3N3O. The zero-order valence-electron chi connectivity index (χ0n) is 9.98. The van der Waals surface area contributed by atoms with Gasteiger partial charge in [-0.1, -0.05) is 12.1 Å². The molecule has 1 aromatic carbocycles. The number of hydrogen-bond acceptors (Lipinski definition) is 2. The Balaban J connectivity index is 2.06. The summed E-state index contributed by atoms with van der Waals surface area (Å²) in [5.74, 6) is 0. The fourth-order valence-electron chi connectivity index (χ4n) is 1.93. The van der Waals surface area contributed by atoms with Gasteiger partial charge in [-0.25, -0.2) is 14.3 Å². The molecular weight excluding hydrogens is 271 g/mol. The van der Waals surface area contributed by atoms with E-state index in [1.54, 1.807) is 12.1 Å². The lowest BCUT2D eigenvalue weighted by atomic mass is 10.1. The molecule has 0 aliphatic heterocycles. The highest BCUT2D eigenvalue weighted by Crippen LogP contribution is 2.30. The number of nitrogens with one attached hydrogen (secondary N) is 1. The smallest absolute Gasteiger partial charge is 0.250 e. The second kappa shape index (κ2) is 4.22. The normalized spacial score (nSPS) is 11.9. The molecule has 0 amide bonds.